The fourth-order valence-electron chi connectivity index (χ4n) is 2.94. The smallest absolute Gasteiger partial charge is 0.0931 e. The van der Waals surface area contributed by atoms with Crippen LogP contribution in [-0.2, 0) is 0 Å². The predicted molar refractivity (Wildman–Crippen MR) is 77.2 cm³/mol. The molecule has 1 aromatic heterocycles. The van der Waals surface area contributed by atoms with Crippen molar-refractivity contribution in [2.24, 2.45) is 5.41 Å². The Hall–Kier alpha value is -0.0500. The van der Waals surface area contributed by atoms with Gasteiger partial charge in [-0.15, -0.1) is 11.3 Å². The van der Waals surface area contributed by atoms with Crippen molar-refractivity contribution in [3.8, 4) is 0 Å². The Balaban J connectivity index is 2.07. The van der Waals surface area contributed by atoms with Gasteiger partial charge in [-0.05, 0) is 43.4 Å². The molecule has 3 unspecified atom stereocenters. The molecule has 17 heavy (non-hydrogen) atoms. The monoisotopic (exact) mass is 271 g/mol. The maximum absolute atomic E-state index is 6.04. The summed E-state index contributed by atoms with van der Waals surface area (Å²) in [5.74, 6) is 0.694. The van der Waals surface area contributed by atoms with Gasteiger partial charge in [0.25, 0.3) is 0 Å². The molecule has 1 aliphatic carbocycles. The van der Waals surface area contributed by atoms with Crippen molar-refractivity contribution in [3.63, 3.8) is 0 Å². The van der Waals surface area contributed by atoms with Gasteiger partial charge >= 0.3 is 0 Å². The molecule has 0 radical (unpaired) electrons. The summed E-state index contributed by atoms with van der Waals surface area (Å²) in [5, 5.41) is 3.69. The van der Waals surface area contributed by atoms with Crippen LogP contribution in [0.25, 0.3) is 0 Å². The molecule has 0 amide bonds. The van der Waals surface area contributed by atoms with E-state index in [-0.39, 0.29) is 0 Å². The molecule has 3 atom stereocenters. The van der Waals surface area contributed by atoms with Gasteiger partial charge in [0.05, 0.1) is 4.34 Å². The summed E-state index contributed by atoms with van der Waals surface area (Å²) in [4.78, 5) is 1.47. The number of rotatable bonds is 5. The topological polar surface area (TPSA) is 12.0 Å². The highest BCUT2D eigenvalue weighted by atomic mass is 35.5. The first-order chi connectivity index (χ1) is 8.11. The molecule has 0 bridgehead atoms. The highest BCUT2D eigenvalue weighted by Gasteiger charge is 2.50. The summed E-state index contributed by atoms with van der Waals surface area (Å²) in [6.45, 7) is 8.09. The minimum Gasteiger partial charge on any atom is -0.313 e. The van der Waals surface area contributed by atoms with E-state index in [1.54, 1.807) is 11.3 Å². The van der Waals surface area contributed by atoms with Crippen LogP contribution >= 0.6 is 22.9 Å². The third-order valence-electron chi connectivity index (χ3n) is 4.40. The van der Waals surface area contributed by atoms with E-state index in [2.05, 4.69) is 32.2 Å². The normalized spacial score (nSPS) is 32.5. The quantitative estimate of drug-likeness (QED) is 0.820. The Morgan fingerprint density at radius 1 is 1.47 bits per heavy atom. The Labute approximate surface area is 114 Å². The molecule has 1 aliphatic rings. The fourth-order valence-corrected chi connectivity index (χ4v) is 4.28. The van der Waals surface area contributed by atoms with Crippen LogP contribution in [-0.4, -0.2) is 12.6 Å². The zero-order valence-corrected chi connectivity index (χ0v) is 12.5. The summed E-state index contributed by atoms with van der Waals surface area (Å²) in [7, 11) is 0. The van der Waals surface area contributed by atoms with Crippen molar-refractivity contribution in [3.05, 3.63) is 21.3 Å². The van der Waals surface area contributed by atoms with Gasteiger partial charge in [-0.3, -0.25) is 0 Å². The lowest BCUT2D eigenvalue weighted by Crippen LogP contribution is -2.56. The second kappa shape index (κ2) is 5.29. The van der Waals surface area contributed by atoms with Crippen molar-refractivity contribution in [1.82, 2.24) is 5.32 Å². The lowest BCUT2D eigenvalue weighted by molar-refractivity contribution is 0.0465. The van der Waals surface area contributed by atoms with Crippen LogP contribution in [0, 0.1) is 5.41 Å². The fraction of sp³-hybridized carbons (Fsp3) is 0.714. The summed E-state index contributed by atoms with van der Waals surface area (Å²) in [6, 6.07) is 4.92. The molecule has 1 aromatic rings. The summed E-state index contributed by atoms with van der Waals surface area (Å²) >= 11 is 7.80. The van der Waals surface area contributed by atoms with Crippen molar-refractivity contribution >= 4 is 22.9 Å². The van der Waals surface area contributed by atoms with Gasteiger partial charge in [-0.25, -0.2) is 0 Å². The molecule has 0 saturated heterocycles. The van der Waals surface area contributed by atoms with E-state index in [9.17, 15) is 0 Å². The van der Waals surface area contributed by atoms with E-state index < -0.39 is 0 Å². The highest BCUT2D eigenvalue weighted by molar-refractivity contribution is 7.16. The van der Waals surface area contributed by atoms with E-state index in [0.717, 1.165) is 10.9 Å². The molecular weight excluding hydrogens is 250 g/mol. The first-order valence-corrected chi connectivity index (χ1v) is 7.79. The Bertz CT molecular complexity index is 376. The Morgan fingerprint density at radius 3 is 2.76 bits per heavy atom. The number of nitrogens with one attached hydrogen (secondary N) is 1. The van der Waals surface area contributed by atoms with E-state index in [4.69, 9.17) is 11.6 Å². The average Bonchev–Trinajstić information content (AvgIpc) is 2.73. The van der Waals surface area contributed by atoms with Gasteiger partial charge in [0.2, 0.25) is 0 Å². The largest absolute Gasteiger partial charge is 0.313 e. The number of halogens is 1. The maximum Gasteiger partial charge on any atom is 0.0931 e. The summed E-state index contributed by atoms with van der Waals surface area (Å²) in [6.07, 6.45) is 3.71. The number of hydrogen-bond acceptors (Lipinski definition) is 2. The van der Waals surface area contributed by atoms with E-state index in [1.165, 1.54) is 24.1 Å². The Morgan fingerprint density at radius 2 is 2.24 bits per heavy atom. The molecule has 3 heteroatoms. The third kappa shape index (κ3) is 2.40. The minimum atomic E-state index is 0.406. The molecule has 1 nitrogen and oxygen atoms in total. The molecule has 2 rings (SSSR count). The van der Waals surface area contributed by atoms with Crippen LogP contribution < -0.4 is 5.32 Å². The molecular formula is C14H22ClNS. The van der Waals surface area contributed by atoms with Crippen LogP contribution in [0.4, 0.5) is 0 Å². The zero-order valence-electron chi connectivity index (χ0n) is 10.9. The summed E-state index contributed by atoms with van der Waals surface area (Å²) < 4.78 is 0.920. The lowest BCUT2D eigenvalue weighted by atomic mass is 9.55. The van der Waals surface area contributed by atoms with Crippen molar-refractivity contribution < 1.29 is 0 Å². The molecule has 0 aliphatic heterocycles. The van der Waals surface area contributed by atoms with Crippen molar-refractivity contribution in [2.75, 3.05) is 6.54 Å². The molecule has 0 aromatic carbocycles. The van der Waals surface area contributed by atoms with E-state index in [1.807, 2.05) is 6.07 Å². The van der Waals surface area contributed by atoms with Crippen LogP contribution in [0.3, 0.4) is 0 Å². The molecule has 1 saturated carbocycles. The van der Waals surface area contributed by atoms with Gasteiger partial charge in [-0.1, -0.05) is 32.4 Å². The van der Waals surface area contributed by atoms with Crippen LogP contribution in [0.2, 0.25) is 4.34 Å². The summed E-state index contributed by atoms with van der Waals surface area (Å²) in [5.41, 5.74) is 0.406. The molecule has 96 valence electrons. The van der Waals surface area contributed by atoms with Gasteiger partial charge < -0.3 is 5.32 Å². The van der Waals surface area contributed by atoms with Crippen LogP contribution in [0.15, 0.2) is 12.1 Å². The highest BCUT2D eigenvalue weighted by Crippen LogP contribution is 2.56. The predicted octanol–water partition coefficient (Wildman–Crippen LogP) is 4.67. The maximum atomic E-state index is 6.04. The lowest BCUT2D eigenvalue weighted by Gasteiger charge is -2.54. The average molecular weight is 272 g/mol. The van der Waals surface area contributed by atoms with Crippen molar-refractivity contribution in [2.45, 2.75) is 52.0 Å². The second-order valence-electron chi connectivity index (χ2n) is 5.30. The van der Waals surface area contributed by atoms with Gasteiger partial charge in [0.1, 0.15) is 0 Å². The molecule has 0 spiro atoms. The molecule has 1 N–H and O–H groups in total. The number of thiophene rings is 1. The van der Waals surface area contributed by atoms with Gasteiger partial charge in [-0.2, -0.15) is 0 Å². The Kier molecular flexibility index (Phi) is 4.17. The van der Waals surface area contributed by atoms with Gasteiger partial charge in [0, 0.05) is 16.8 Å². The first-order valence-electron chi connectivity index (χ1n) is 6.60. The van der Waals surface area contributed by atoms with Gasteiger partial charge in [0.15, 0.2) is 0 Å². The standard InChI is InChI=1S/C14H22ClNS/c1-4-8-16-12-9-10(14(12,3)5-2)11-6-7-13(15)17-11/h6-7,10,12,16H,4-5,8-9H2,1-3H3. The zero-order chi connectivity index (χ0) is 12.5. The molecule has 1 heterocycles. The van der Waals surface area contributed by atoms with E-state index in [0.29, 0.717) is 17.4 Å². The van der Waals surface area contributed by atoms with Crippen LogP contribution in [0.1, 0.15) is 50.8 Å². The third-order valence-corrected chi connectivity index (χ3v) is 5.75. The van der Waals surface area contributed by atoms with Crippen molar-refractivity contribution in [1.29, 1.82) is 0 Å². The van der Waals surface area contributed by atoms with Crippen LogP contribution in [0.5, 0.6) is 0 Å². The molecule has 1 fully saturated rings. The SMILES string of the molecule is CCCNC1CC(c2ccc(Cl)s2)C1(C)CC. The minimum absolute atomic E-state index is 0.406. The second-order valence-corrected chi connectivity index (χ2v) is 7.04. The first kappa shape index (κ1) is 13.4. The number of hydrogen-bond donors (Lipinski definition) is 1. The van der Waals surface area contributed by atoms with E-state index >= 15 is 0 Å².